The molecule has 0 aromatic rings. The Kier molecular flexibility index (Phi) is 6.11. The van der Waals surface area contributed by atoms with Gasteiger partial charge >= 0.3 is 11.9 Å². The van der Waals surface area contributed by atoms with E-state index < -0.39 is 11.9 Å². The lowest BCUT2D eigenvalue weighted by Crippen LogP contribution is -1.93. The van der Waals surface area contributed by atoms with E-state index in [1.165, 1.54) is 0 Å². The third-order valence-corrected chi connectivity index (χ3v) is 1.62. The van der Waals surface area contributed by atoms with Crippen molar-refractivity contribution in [1.82, 2.24) is 0 Å². The average molecular weight is 198 g/mol. The summed E-state index contributed by atoms with van der Waals surface area (Å²) in [6, 6.07) is 0. The molecule has 2 N–H and O–H groups in total. The highest BCUT2D eigenvalue weighted by atomic mass is 16.4. The highest BCUT2D eigenvalue weighted by molar-refractivity contribution is 5.80. The van der Waals surface area contributed by atoms with Crippen LogP contribution in [-0.2, 0) is 9.59 Å². The van der Waals surface area contributed by atoms with Crippen molar-refractivity contribution in [2.75, 3.05) is 0 Å². The molecule has 0 radical (unpaired) electrons. The maximum absolute atomic E-state index is 10.1. The smallest absolute Gasteiger partial charge is 0.327 e. The molecule has 4 heteroatoms. The van der Waals surface area contributed by atoms with Crippen molar-refractivity contribution in [2.24, 2.45) is 5.92 Å². The lowest BCUT2D eigenvalue weighted by atomic mass is 10.1. The summed E-state index contributed by atoms with van der Waals surface area (Å²) >= 11 is 0. The Bertz CT molecular complexity index is 253. The van der Waals surface area contributed by atoms with E-state index in [2.05, 4.69) is 0 Å². The number of allylic oxidation sites excluding steroid dienone is 2. The van der Waals surface area contributed by atoms with Gasteiger partial charge in [0.15, 0.2) is 0 Å². The number of carbonyl (C=O) groups is 2. The molecule has 0 aromatic carbocycles. The molecule has 0 saturated heterocycles. The Morgan fingerprint density at radius 1 is 1.21 bits per heavy atom. The standard InChI is InChI=1S/C10H14O4/c1-8(6-7-10(13)14)4-2-3-5-9(11)12/h3,5-8H,2,4H2,1H3,(H,11,12)(H,13,14). The Labute approximate surface area is 82.6 Å². The largest absolute Gasteiger partial charge is 0.478 e. The molecule has 0 rings (SSSR count). The number of rotatable bonds is 6. The molecule has 0 bridgehead atoms. The van der Waals surface area contributed by atoms with Gasteiger partial charge in [0.2, 0.25) is 0 Å². The summed E-state index contributed by atoms with van der Waals surface area (Å²) in [5, 5.41) is 16.6. The minimum atomic E-state index is -0.960. The summed E-state index contributed by atoms with van der Waals surface area (Å²) in [6.07, 6.45) is 6.73. The van der Waals surface area contributed by atoms with E-state index in [-0.39, 0.29) is 5.92 Å². The van der Waals surface area contributed by atoms with Crippen LogP contribution in [0.3, 0.4) is 0 Å². The molecule has 0 fully saturated rings. The number of carboxylic acids is 2. The van der Waals surface area contributed by atoms with Gasteiger partial charge in [-0.2, -0.15) is 0 Å². The average Bonchev–Trinajstić information content (AvgIpc) is 2.08. The van der Waals surface area contributed by atoms with Crippen LogP contribution in [0.5, 0.6) is 0 Å². The van der Waals surface area contributed by atoms with Crippen molar-refractivity contribution in [2.45, 2.75) is 19.8 Å². The van der Waals surface area contributed by atoms with Crippen LogP contribution < -0.4 is 0 Å². The third kappa shape index (κ3) is 8.52. The molecule has 0 spiro atoms. The molecule has 0 aliphatic heterocycles. The van der Waals surface area contributed by atoms with Gasteiger partial charge in [0, 0.05) is 12.2 Å². The molecule has 1 atom stereocenters. The fourth-order valence-corrected chi connectivity index (χ4v) is 0.886. The summed E-state index contributed by atoms with van der Waals surface area (Å²) in [7, 11) is 0. The lowest BCUT2D eigenvalue weighted by molar-refractivity contribution is -0.132. The summed E-state index contributed by atoms with van der Waals surface area (Å²) in [5.74, 6) is -1.78. The number of hydrogen-bond donors (Lipinski definition) is 2. The fraction of sp³-hybridized carbons (Fsp3) is 0.400. The molecule has 0 amide bonds. The summed E-state index contributed by atoms with van der Waals surface area (Å²) < 4.78 is 0. The van der Waals surface area contributed by atoms with E-state index in [1.54, 1.807) is 12.2 Å². The van der Waals surface area contributed by atoms with Crippen LogP contribution in [0.2, 0.25) is 0 Å². The van der Waals surface area contributed by atoms with Gasteiger partial charge in [0.25, 0.3) is 0 Å². The van der Waals surface area contributed by atoms with E-state index in [1.807, 2.05) is 6.92 Å². The van der Waals surface area contributed by atoms with Crippen LogP contribution in [0.15, 0.2) is 24.3 Å². The molecule has 14 heavy (non-hydrogen) atoms. The minimum absolute atomic E-state index is 0.143. The molecule has 0 aromatic heterocycles. The highest BCUT2D eigenvalue weighted by Gasteiger charge is 1.96. The molecular weight excluding hydrogens is 184 g/mol. The maximum atomic E-state index is 10.1. The second kappa shape index (κ2) is 6.88. The molecule has 0 aliphatic rings. The fourth-order valence-electron chi connectivity index (χ4n) is 0.886. The normalized spacial score (nSPS) is 13.5. The first-order valence-electron chi connectivity index (χ1n) is 4.33. The van der Waals surface area contributed by atoms with Crippen molar-refractivity contribution >= 4 is 11.9 Å². The second-order valence-electron chi connectivity index (χ2n) is 2.99. The predicted molar refractivity (Wildman–Crippen MR) is 51.9 cm³/mol. The molecule has 0 heterocycles. The van der Waals surface area contributed by atoms with Gasteiger partial charge in [-0.15, -0.1) is 0 Å². The van der Waals surface area contributed by atoms with Crippen molar-refractivity contribution in [3.05, 3.63) is 24.3 Å². The minimum Gasteiger partial charge on any atom is -0.478 e. The van der Waals surface area contributed by atoms with Crippen molar-refractivity contribution in [3.63, 3.8) is 0 Å². The van der Waals surface area contributed by atoms with Gasteiger partial charge in [-0.25, -0.2) is 9.59 Å². The molecule has 0 aliphatic carbocycles. The SMILES string of the molecule is CC(C=CC(=O)O)CCC=CC(=O)O. The molecule has 4 nitrogen and oxygen atoms in total. The first-order chi connectivity index (χ1) is 6.52. The zero-order chi connectivity index (χ0) is 11.0. The van der Waals surface area contributed by atoms with Gasteiger partial charge < -0.3 is 10.2 Å². The van der Waals surface area contributed by atoms with Crippen LogP contribution in [0, 0.1) is 5.92 Å². The van der Waals surface area contributed by atoms with E-state index in [4.69, 9.17) is 10.2 Å². The third-order valence-electron chi connectivity index (χ3n) is 1.62. The van der Waals surface area contributed by atoms with E-state index in [0.29, 0.717) is 6.42 Å². The van der Waals surface area contributed by atoms with Gasteiger partial charge in [-0.05, 0) is 18.8 Å². The lowest BCUT2D eigenvalue weighted by Gasteiger charge is -2.01. The van der Waals surface area contributed by atoms with Gasteiger partial charge in [-0.3, -0.25) is 0 Å². The maximum Gasteiger partial charge on any atom is 0.327 e. The van der Waals surface area contributed by atoms with E-state index >= 15 is 0 Å². The first kappa shape index (κ1) is 12.4. The van der Waals surface area contributed by atoms with Crippen molar-refractivity contribution in [3.8, 4) is 0 Å². The van der Waals surface area contributed by atoms with Crippen LogP contribution in [0.4, 0.5) is 0 Å². The van der Waals surface area contributed by atoms with Crippen LogP contribution in [-0.4, -0.2) is 22.2 Å². The summed E-state index contributed by atoms with van der Waals surface area (Å²) in [5.41, 5.74) is 0. The Balaban J connectivity index is 3.69. The summed E-state index contributed by atoms with van der Waals surface area (Å²) in [6.45, 7) is 1.88. The topological polar surface area (TPSA) is 74.6 Å². The Morgan fingerprint density at radius 3 is 2.29 bits per heavy atom. The van der Waals surface area contributed by atoms with Crippen LogP contribution in [0.25, 0.3) is 0 Å². The van der Waals surface area contributed by atoms with Crippen molar-refractivity contribution < 1.29 is 19.8 Å². The molecule has 0 saturated carbocycles. The monoisotopic (exact) mass is 198 g/mol. The summed E-state index contributed by atoms with van der Waals surface area (Å²) in [4.78, 5) is 20.2. The zero-order valence-corrected chi connectivity index (χ0v) is 8.01. The molecular formula is C10H14O4. The Morgan fingerprint density at radius 2 is 1.79 bits per heavy atom. The van der Waals surface area contributed by atoms with Crippen LogP contribution in [0.1, 0.15) is 19.8 Å². The van der Waals surface area contributed by atoms with Gasteiger partial charge in [0.1, 0.15) is 0 Å². The number of carboxylic acid groups (broad SMARTS) is 2. The van der Waals surface area contributed by atoms with Crippen molar-refractivity contribution in [1.29, 1.82) is 0 Å². The predicted octanol–water partition coefficient (Wildman–Crippen LogP) is 1.68. The Hall–Kier alpha value is -1.58. The zero-order valence-electron chi connectivity index (χ0n) is 8.01. The molecule has 78 valence electrons. The second-order valence-corrected chi connectivity index (χ2v) is 2.99. The van der Waals surface area contributed by atoms with Crippen LogP contribution >= 0.6 is 0 Å². The van der Waals surface area contributed by atoms with E-state index in [9.17, 15) is 9.59 Å². The first-order valence-corrected chi connectivity index (χ1v) is 4.33. The molecule has 1 unspecified atom stereocenters. The highest BCUT2D eigenvalue weighted by Crippen LogP contribution is 2.07. The van der Waals surface area contributed by atoms with Gasteiger partial charge in [0.05, 0.1) is 0 Å². The number of hydrogen-bond acceptors (Lipinski definition) is 2. The van der Waals surface area contributed by atoms with Gasteiger partial charge in [-0.1, -0.05) is 19.1 Å². The van der Waals surface area contributed by atoms with E-state index in [0.717, 1.165) is 18.6 Å². The quantitative estimate of drug-likeness (QED) is 0.637. The number of aliphatic carboxylic acids is 2.